The summed E-state index contributed by atoms with van der Waals surface area (Å²) in [7, 11) is 0. The van der Waals surface area contributed by atoms with Gasteiger partial charge in [-0.2, -0.15) is 0 Å². The Hall–Kier alpha value is -5.98. The summed E-state index contributed by atoms with van der Waals surface area (Å²) in [6.07, 6.45) is 0. The molecule has 0 fully saturated rings. The molecule has 0 aliphatic heterocycles. The van der Waals surface area contributed by atoms with Crippen molar-refractivity contribution in [3.05, 3.63) is 170 Å². The highest BCUT2D eigenvalue weighted by atomic mass is 14.2. The van der Waals surface area contributed by atoms with Crippen molar-refractivity contribution in [3.63, 3.8) is 0 Å². The van der Waals surface area contributed by atoms with Crippen LogP contribution in [0.5, 0.6) is 0 Å². The van der Waals surface area contributed by atoms with Gasteiger partial charge in [0.25, 0.3) is 0 Å². The quantitative estimate of drug-likeness (QED) is 0.182. The van der Waals surface area contributed by atoms with Crippen LogP contribution in [-0.2, 0) is 0 Å². The molecule has 0 heteroatoms. The molecule has 0 saturated heterocycles. The van der Waals surface area contributed by atoms with Crippen molar-refractivity contribution in [1.82, 2.24) is 0 Å². The first kappa shape index (κ1) is 25.4. The molecule has 0 aliphatic rings. The van der Waals surface area contributed by atoms with E-state index in [1.165, 1.54) is 98.0 Å². The van der Waals surface area contributed by atoms with Gasteiger partial charge in [0.05, 0.1) is 0 Å². The van der Waals surface area contributed by atoms with Crippen molar-refractivity contribution in [3.8, 4) is 33.4 Å². The molecule has 0 aliphatic carbocycles. The van der Waals surface area contributed by atoms with Crippen LogP contribution in [0.2, 0.25) is 0 Å². The Morgan fingerprint density at radius 2 is 0.652 bits per heavy atom. The van der Waals surface area contributed by atoms with Crippen LogP contribution in [0.3, 0.4) is 0 Å². The average Bonchev–Trinajstić information content (AvgIpc) is 3.14. The third-order valence-electron chi connectivity index (χ3n) is 10.0. The zero-order valence-corrected chi connectivity index (χ0v) is 25.2. The van der Waals surface area contributed by atoms with Crippen molar-refractivity contribution >= 4 is 64.6 Å². The summed E-state index contributed by atoms with van der Waals surface area (Å²) in [5.41, 5.74) is 7.51. The molecule has 0 atom stereocenters. The molecular formula is C46H28. The molecule has 0 N–H and O–H groups in total. The maximum atomic E-state index is 2.39. The Morgan fingerprint density at radius 3 is 1.28 bits per heavy atom. The fourth-order valence-corrected chi connectivity index (χ4v) is 7.88. The van der Waals surface area contributed by atoms with E-state index in [4.69, 9.17) is 0 Å². The van der Waals surface area contributed by atoms with Crippen LogP contribution >= 0.6 is 0 Å². The molecule has 0 nitrogen and oxygen atoms in total. The van der Waals surface area contributed by atoms with Crippen molar-refractivity contribution in [2.45, 2.75) is 0 Å². The molecule has 0 saturated carbocycles. The van der Waals surface area contributed by atoms with Crippen LogP contribution < -0.4 is 0 Å². The standard InChI is InChI=1S/C46H28/c1-2-9-29(10-3-1)35-22-17-30-20-26-43-36(23-18-31-19-25-42(35)45(30)46(31)43)34-12-8-11-32(27-34)33-21-24-41-39-15-5-4-13-37(39)38-14-6-7-16-40(38)44(41)28-33/h1-28H. The fraction of sp³-hybridized carbons (Fsp3) is 0. The summed E-state index contributed by atoms with van der Waals surface area (Å²) in [5.74, 6) is 0. The van der Waals surface area contributed by atoms with E-state index in [1.54, 1.807) is 0 Å². The Balaban J connectivity index is 1.17. The van der Waals surface area contributed by atoms with Gasteiger partial charge < -0.3 is 0 Å². The second kappa shape index (κ2) is 9.76. The normalized spacial score (nSPS) is 11.9. The molecule has 0 amide bonds. The van der Waals surface area contributed by atoms with Crippen LogP contribution in [-0.4, -0.2) is 0 Å². The second-order valence-corrected chi connectivity index (χ2v) is 12.4. The number of rotatable bonds is 3. The van der Waals surface area contributed by atoms with Crippen LogP contribution in [0, 0.1) is 0 Å². The van der Waals surface area contributed by atoms with Crippen molar-refractivity contribution in [2.75, 3.05) is 0 Å². The molecule has 0 heterocycles. The number of hydrogen-bond donors (Lipinski definition) is 0. The van der Waals surface area contributed by atoms with Gasteiger partial charge in [-0.25, -0.2) is 0 Å². The second-order valence-electron chi connectivity index (χ2n) is 12.4. The third-order valence-corrected chi connectivity index (χ3v) is 10.0. The number of hydrogen-bond acceptors (Lipinski definition) is 0. The molecule has 0 spiro atoms. The van der Waals surface area contributed by atoms with Crippen molar-refractivity contribution < 1.29 is 0 Å². The molecular weight excluding hydrogens is 553 g/mol. The van der Waals surface area contributed by atoms with E-state index in [9.17, 15) is 0 Å². The van der Waals surface area contributed by atoms with Crippen LogP contribution in [0.15, 0.2) is 170 Å². The van der Waals surface area contributed by atoms with E-state index in [1.807, 2.05) is 0 Å². The summed E-state index contributed by atoms with van der Waals surface area (Å²) in [5, 5.41) is 15.7. The molecule has 212 valence electrons. The maximum Gasteiger partial charge on any atom is -0.00203 e. The highest BCUT2D eigenvalue weighted by Crippen LogP contribution is 2.43. The SMILES string of the molecule is c1ccc(-c2ccc3ccc4c(-c5cccc(-c6ccc7c8ccccc8c8ccccc8c7c6)c5)ccc5ccc2c3c54)cc1. The third kappa shape index (κ3) is 3.68. The highest BCUT2D eigenvalue weighted by Gasteiger charge is 2.16. The summed E-state index contributed by atoms with van der Waals surface area (Å²) < 4.78 is 0. The minimum Gasteiger partial charge on any atom is -0.0622 e. The molecule has 46 heavy (non-hydrogen) atoms. The fourth-order valence-electron chi connectivity index (χ4n) is 7.88. The monoisotopic (exact) mass is 580 g/mol. The summed E-state index contributed by atoms with van der Waals surface area (Å²) in [6, 6.07) is 62.8. The first-order valence-corrected chi connectivity index (χ1v) is 16.0. The zero-order valence-electron chi connectivity index (χ0n) is 25.2. The minimum absolute atomic E-state index is 1.23. The van der Waals surface area contributed by atoms with Gasteiger partial charge in [0.1, 0.15) is 0 Å². The van der Waals surface area contributed by atoms with Gasteiger partial charge in [-0.3, -0.25) is 0 Å². The summed E-state index contributed by atoms with van der Waals surface area (Å²) in [6.45, 7) is 0. The number of fused-ring (bicyclic) bond motifs is 6. The lowest BCUT2D eigenvalue weighted by molar-refractivity contribution is 1.63. The van der Waals surface area contributed by atoms with Crippen LogP contribution in [0.1, 0.15) is 0 Å². The summed E-state index contributed by atoms with van der Waals surface area (Å²) >= 11 is 0. The van der Waals surface area contributed by atoms with Crippen LogP contribution in [0.25, 0.3) is 98.0 Å². The Kier molecular flexibility index (Phi) is 5.38. The van der Waals surface area contributed by atoms with Gasteiger partial charge >= 0.3 is 0 Å². The van der Waals surface area contributed by atoms with Crippen LogP contribution in [0.4, 0.5) is 0 Å². The van der Waals surface area contributed by atoms with Gasteiger partial charge in [0, 0.05) is 0 Å². The lowest BCUT2D eigenvalue weighted by Crippen LogP contribution is -1.90. The van der Waals surface area contributed by atoms with E-state index >= 15 is 0 Å². The predicted octanol–water partition coefficient (Wildman–Crippen LogP) is 13.0. The largest absolute Gasteiger partial charge is 0.0622 e. The first-order chi connectivity index (χ1) is 22.8. The average molecular weight is 581 g/mol. The molecule has 10 rings (SSSR count). The molecule has 10 aromatic carbocycles. The van der Waals surface area contributed by atoms with E-state index in [-0.39, 0.29) is 0 Å². The Morgan fingerprint density at radius 1 is 0.217 bits per heavy atom. The van der Waals surface area contributed by atoms with Crippen molar-refractivity contribution in [1.29, 1.82) is 0 Å². The molecule has 0 aromatic heterocycles. The molecule has 0 bridgehead atoms. The van der Waals surface area contributed by atoms with E-state index in [0.717, 1.165) is 0 Å². The van der Waals surface area contributed by atoms with Gasteiger partial charge in [-0.15, -0.1) is 0 Å². The first-order valence-electron chi connectivity index (χ1n) is 16.0. The highest BCUT2D eigenvalue weighted by molar-refractivity contribution is 6.28. The zero-order chi connectivity index (χ0) is 30.2. The van der Waals surface area contributed by atoms with E-state index in [2.05, 4.69) is 170 Å². The minimum atomic E-state index is 1.23. The smallest absolute Gasteiger partial charge is 0.00203 e. The maximum absolute atomic E-state index is 2.39. The predicted molar refractivity (Wildman–Crippen MR) is 199 cm³/mol. The van der Waals surface area contributed by atoms with E-state index < -0.39 is 0 Å². The lowest BCUT2D eigenvalue weighted by Gasteiger charge is -2.17. The number of benzene rings is 10. The molecule has 0 radical (unpaired) electrons. The lowest BCUT2D eigenvalue weighted by atomic mass is 9.87. The molecule has 10 aromatic rings. The topological polar surface area (TPSA) is 0 Å². The Labute approximate surface area is 267 Å². The molecule has 0 unspecified atom stereocenters. The van der Waals surface area contributed by atoms with E-state index in [0.29, 0.717) is 0 Å². The van der Waals surface area contributed by atoms with Gasteiger partial charge in [0.15, 0.2) is 0 Å². The van der Waals surface area contributed by atoms with Gasteiger partial charge in [0.2, 0.25) is 0 Å². The van der Waals surface area contributed by atoms with Crippen molar-refractivity contribution in [2.24, 2.45) is 0 Å². The van der Waals surface area contributed by atoms with Gasteiger partial charge in [-0.1, -0.05) is 158 Å². The Bertz CT molecular complexity index is 2750. The summed E-state index contributed by atoms with van der Waals surface area (Å²) in [4.78, 5) is 0. The van der Waals surface area contributed by atoms with Gasteiger partial charge in [-0.05, 0) is 110 Å².